The van der Waals surface area contributed by atoms with Crippen molar-refractivity contribution in [2.75, 3.05) is 0 Å². The minimum Gasteiger partial charge on any atom is -0.506 e. The number of rotatable bonds is 2. The Morgan fingerprint density at radius 2 is 2.11 bits per heavy atom. The topological polar surface area (TPSA) is 83.9 Å². The largest absolute Gasteiger partial charge is 0.506 e. The third kappa shape index (κ3) is 2.15. The Bertz CT molecular complexity index is 764. The fourth-order valence-corrected chi connectivity index (χ4v) is 1.74. The van der Waals surface area contributed by atoms with E-state index in [0.29, 0.717) is 22.8 Å². The first kappa shape index (κ1) is 11.3. The average Bonchev–Trinajstić information content (AvgIpc) is 2.84. The number of phenols is 1. The van der Waals surface area contributed by atoms with Crippen molar-refractivity contribution in [2.45, 2.75) is 6.92 Å². The lowest BCUT2D eigenvalue weighted by atomic mass is 10.2. The zero-order valence-corrected chi connectivity index (χ0v) is 10.1. The lowest BCUT2D eigenvalue weighted by molar-refractivity contribution is 0.399. The van der Waals surface area contributed by atoms with E-state index in [0.717, 1.165) is 5.39 Å². The van der Waals surface area contributed by atoms with Crippen LogP contribution in [0.1, 0.15) is 5.76 Å². The summed E-state index contributed by atoms with van der Waals surface area (Å²) in [5.41, 5.74) is 1.11. The van der Waals surface area contributed by atoms with Gasteiger partial charge in [0.15, 0.2) is 0 Å². The normalized spacial score (nSPS) is 11.4. The van der Waals surface area contributed by atoms with Crippen LogP contribution < -0.4 is 0 Å². The standard InChI is InChI=1S/C13H10N4O2/c1-8-7-12(17-19-8)16-15-10-4-5-11(18)13-9(10)3-2-6-14-13/h2-7,18H,1H3. The van der Waals surface area contributed by atoms with Crippen LogP contribution in [0.3, 0.4) is 0 Å². The molecular formula is C13H10N4O2. The summed E-state index contributed by atoms with van der Waals surface area (Å²) in [5.74, 6) is 1.20. The number of azo groups is 1. The van der Waals surface area contributed by atoms with E-state index in [1.165, 1.54) is 6.07 Å². The van der Waals surface area contributed by atoms with Crippen molar-refractivity contribution < 1.29 is 9.63 Å². The molecule has 0 aliphatic rings. The SMILES string of the molecule is Cc1cc(N=Nc2ccc(O)c3ncccc23)no1. The second kappa shape index (κ2) is 4.49. The summed E-state index contributed by atoms with van der Waals surface area (Å²) in [6.45, 7) is 1.78. The molecule has 0 atom stereocenters. The summed E-state index contributed by atoms with van der Waals surface area (Å²) < 4.78 is 4.90. The molecule has 0 aliphatic carbocycles. The monoisotopic (exact) mass is 254 g/mol. The number of pyridine rings is 1. The summed E-state index contributed by atoms with van der Waals surface area (Å²) in [7, 11) is 0. The zero-order chi connectivity index (χ0) is 13.2. The Balaban J connectivity index is 2.06. The smallest absolute Gasteiger partial charge is 0.216 e. The van der Waals surface area contributed by atoms with Crippen LogP contribution in [0.4, 0.5) is 11.5 Å². The quantitative estimate of drug-likeness (QED) is 0.707. The van der Waals surface area contributed by atoms with Gasteiger partial charge < -0.3 is 9.63 Å². The number of aromatic nitrogens is 2. The molecule has 2 aromatic heterocycles. The summed E-state index contributed by atoms with van der Waals surface area (Å²) >= 11 is 0. The van der Waals surface area contributed by atoms with E-state index in [4.69, 9.17) is 4.52 Å². The number of aryl methyl sites for hydroxylation is 1. The number of benzene rings is 1. The highest BCUT2D eigenvalue weighted by molar-refractivity contribution is 5.93. The predicted octanol–water partition coefficient (Wildman–Crippen LogP) is 3.65. The molecule has 0 amide bonds. The minimum absolute atomic E-state index is 0.117. The van der Waals surface area contributed by atoms with Gasteiger partial charge in [-0.3, -0.25) is 4.98 Å². The van der Waals surface area contributed by atoms with E-state index < -0.39 is 0 Å². The number of hydrogen-bond acceptors (Lipinski definition) is 6. The Labute approximate surface area is 108 Å². The highest BCUT2D eigenvalue weighted by atomic mass is 16.5. The number of hydrogen-bond donors (Lipinski definition) is 1. The molecule has 3 rings (SSSR count). The third-order valence-corrected chi connectivity index (χ3v) is 2.60. The number of fused-ring (bicyclic) bond motifs is 1. The Hall–Kier alpha value is -2.76. The van der Waals surface area contributed by atoms with E-state index in [2.05, 4.69) is 20.4 Å². The van der Waals surface area contributed by atoms with Gasteiger partial charge in [0.1, 0.15) is 17.0 Å². The molecule has 2 heterocycles. The molecule has 6 nitrogen and oxygen atoms in total. The molecule has 0 unspecified atom stereocenters. The molecule has 1 aromatic carbocycles. The molecule has 0 saturated carbocycles. The molecular weight excluding hydrogens is 244 g/mol. The molecule has 0 saturated heterocycles. The molecule has 6 heteroatoms. The maximum absolute atomic E-state index is 9.72. The molecule has 19 heavy (non-hydrogen) atoms. The van der Waals surface area contributed by atoms with Crippen LogP contribution >= 0.6 is 0 Å². The van der Waals surface area contributed by atoms with Gasteiger partial charge in [-0.1, -0.05) is 5.16 Å². The maximum Gasteiger partial charge on any atom is 0.216 e. The van der Waals surface area contributed by atoms with Gasteiger partial charge in [-0.25, -0.2) is 0 Å². The van der Waals surface area contributed by atoms with E-state index in [-0.39, 0.29) is 5.75 Å². The maximum atomic E-state index is 9.72. The molecule has 0 fully saturated rings. The molecule has 1 N–H and O–H groups in total. The molecule has 0 aliphatic heterocycles. The highest BCUT2D eigenvalue weighted by Gasteiger charge is 2.05. The van der Waals surface area contributed by atoms with Gasteiger partial charge in [0.25, 0.3) is 0 Å². The van der Waals surface area contributed by atoms with Crippen LogP contribution in [0, 0.1) is 6.92 Å². The first-order chi connectivity index (χ1) is 9.24. The average molecular weight is 254 g/mol. The lowest BCUT2D eigenvalue weighted by Gasteiger charge is -2.01. The van der Waals surface area contributed by atoms with Crippen molar-refractivity contribution in [1.29, 1.82) is 0 Å². The zero-order valence-electron chi connectivity index (χ0n) is 10.1. The fraction of sp³-hybridized carbons (Fsp3) is 0.0769. The highest BCUT2D eigenvalue weighted by Crippen LogP contribution is 2.31. The summed E-state index contributed by atoms with van der Waals surface area (Å²) in [6.07, 6.45) is 1.62. The van der Waals surface area contributed by atoms with Crippen molar-refractivity contribution in [3.63, 3.8) is 0 Å². The predicted molar refractivity (Wildman–Crippen MR) is 68.8 cm³/mol. The van der Waals surface area contributed by atoms with Crippen molar-refractivity contribution in [3.8, 4) is 5.75 Å². The number of aromatic hydroxyl groups is 1. The number of nitrogens with zero attached hydrogens (tertiary/aromatic N) is 4. The second-order valence-electron chi connectivity index (χ2n) is 4.00. The van der Waals surface area contributed by atoms with Gasteiger partial charge >= 0.3 is 0 Å². The second-order valence-corrected chi connectivity index (χ2v) is 4.00. The molecule has 94 valence electrons. The Kier molecular flexibility index (Phi) is 2.68. The Morgan fingerprint density at radius 3 is 2.89 bits per heavy atom. The first-order valence-electron chi connectivity index (χ1n) is 5.66. The van der Waals surface area contributed by atoms with Gasteiger partial charge in [0, 0.05) is 17.6 Å². The van der Waals surface area contributed by atoms with Crippen molar-refractivity contribution in [2.24, 2.45) is 10.2 Å². The third-order valence-electron chi connectivity index (χ3n) is 2.60. The molecule has 3 aromatic rings. The van der Waals surface area contributed by atoms with Crippen LogP contribution in [-0.4, -0.2) is 15.2 Å². The van der Waals surface area contributed by atoms with Crippen LogP contribution in [-0.2, 0) is 0 Å². The van der Waals surface area contributed by atoms with Crippen LogP contribution in [0.2, 0.25) is 0 Å². The van der Waals surface area contributed by atoms with Gasteiger partial charge in [0.05, 0.1) is 5.69 Å². The first-order valence-corrected chi connectivity index (χ1v) is 5.66. The van der Waals surface area contributed by atoms with E-state index in [9.17, 15) is 5.11 Å². The van der Waals surface area contributed by atoms with Gasteiger partial charge in [0.2, 0.25) is 5.82 Å². The van der Waals surface area contributed by atoms with E-state index in [1.807, 2.05) is 6.07 Å². The minimum atomic E-state index is 0.117. The fourth-order valence-electron chi connectivity index (χ4n) is 1.74. The van der Waals surface area contributed by atoms with Crippen LogP contribution in [0.15, 0.2) is 51.3 Å². The lowest BCUT2D eigenvalue weighted by Crippen LogP contribution is -1.79. The van der Waals surface area contributed by atoms with Crippen molar-refractivity contribution >= 4 is 22.4 Å². The Morgan fingerprint density at radius 1 is 1.21 bits per heavy atom. The molecule has 0 bridgehead atoms. The summed E-state index contributed by atoms with van der Waals surface area (Å²) in [6, 6.07) is 8.50. The van der Waals surface area contributed by atoms with Gasteiger partial charge in [-0.15, -0.1) is 10.2 Å². The summed E-state index contributed by atoms with van der Waals surface area (Å²) in [4.78, 5) is 4.11. The summed E-state index contributed by atoms with van der Waals surface area (Å²) in [5, 5.41) is 22.3. The number of phenolic OH excluding ortho intramolecular Hbond substituents is 1. The van der Waals surface area contributed by atoms with E-state index in [1.54, 1.807) is 31.3 Å². The van der Waals surface area contributed by atoms with Crippen molar-refractivity contribution in [3.05, 3.63) is 42.3 Å². The van der Waals surface area contributed by atoms with E-state index >= 15 is 0 Å². The van der Waals surface area contributed by atoms with Crippen LogP contribution in [0.5, 0.6) is 5.75 Å². The van der Waals surface area contributed by atoms with Gasteiger partial charge in [-0.05, 0) is 31.2 Å². The molecule has 0 radical (unpaired) electrons. The molecule has 0 spiro atoms. The van der Waals surface area contributed by atoms with Crippen molar-refractivity contribution in [1.82, 2.24) is 10.1 Å². The van der Waals surface area contributed by atoms with Gasteiger partial charge in [-0.2, -0.15) is 0 Å². The van der Waals surface area contributed by atoms with Crippen LogP contribution in [0.25, 0.3) is 10.9 Å².